The van der Waals surface area contributed by atoms with Crippen LogP contribution in [0.1, 0.15) is 32.6 Å². The Bertz CT molecular complexity index is 207. The van der Waals surface area contributed by atoms with Crippen LogP contribution in [0.5, 0.6) is 0 Å². The molecule has 0 aliphatic rings. The number of ether oxygens (including phenoxy) is 1. The summed E-state index contributed by atoms with van der Waals surface area (Å²) in [7, 11) is 1.62. The molecule has 94 valence electrons. The third-order valence-electron chi connectivity index (χ3n) is 2.05. The molecule has 5 heteroatoms. The smallest absolute Gasteiger partial charge is 0.239 e. The van der Waals surface area contributed by atoms with E-state index in [9.17, 15) is 9.59 Å². The Morgan fingerprint density at radius 3 is 2.50 bits per heavy atom. The minimum absolute atomic E-state index is 0.0612. The largest absolute Gasteiger partial charge is 0.385 e. The molecule has 0 radical (unpaired) electrons. The van der Waals surface area contributed by atoms with Gasteiger partial charge in [0.05, 0.1) is 6.54 Å². The number of methoxy groups -OCH3 is 1. The van der Waals surface area contributed by atoms with Crippen LogP contribution in [0.15, 0.2) is 0 Å². The molecule has 0 aromatic rings. The summed E-state index contributed by atoms with van der Waals surface area (Å²) in [6.07, 6.45) is 3.12. The van der Waals surface area contributed by atoms with Gasteiger partial charge in [-0.2, -0.15) is 0 Å². The van der Waals surface area contributed by atoms with E-state index in [2.05, 4.69) is 10.6 Å². The van der Waals surface area contributed by atoms with Crippen LogP contribution in [0.25, 0.3) is 0 Å². The third kappa shape index (κ3) is 9.45. The van der Waals surface area contributed by atoms with Crippen LogP contribution in [0, 0.1) is 0 Å². The van der Waals surface area contributed by atoms with Crippen molar-refractivity contribution in [1.29, 1.82) is 0 Å². The lowest BCUT2D eigenvalue weighted by Gasteiger charge is -2.06. The highest BCUT2D eigenvalue weighted by atomic mass is 16.5. The molecule has 0 aromatic heterocycles. The molecule has 0 heterocycles. The zero-order valence-electron chi connectivity index (χ0n) is 10.2. The van der Waals surface area contributed by atoms with E-state index in [1.807, 2.05) is 6.92 Å². The SMILES string of the molecule is CCCCC(=O)NCC(=O)NCCCOC. The van der Waals surface area contributed by atoms with E-state index in [4.69, 9.17) is 4.74 Å². The highest BCUT2D eigenvalue weighted by Gasteiger charge is 2.03. The maximum absolute atomic E-state index is 11.2. The molecule has 2 N–H and O–H groups in total. The summed E-state index contributed by atoms with van der Waals surface area (Å²) in [6.45, 7) is 3.30. The minimum atomic E-state index is -0.152. The topological polar surface area (TPSA) is 67.4 Å². The van der Waals surface area contributed by atoms with Crippen molar-refractivity contribution in [3.63, 3.8) is 0 Å². The third-order valence-corrected chi connectivity index (χ3v) is 2.05. The van der Waals surface area contributed by atoms with Gasteiger partial charge in [0, 0.05) is 26.7 Å². The van der Waals surface area contributed by atoms with Crippen molar-refractivity contribution in [2.24, 2.45) is 0 Å². The van der Waals surface area contributed by atoms with Gasteiger partial charge in [-0.05, 0) is 12.8 Å². The van der Waals surface area contributed by atoms with E-state index in [1.165, 1.54) is 0 Å². The number of carbonyl (C=O) groups is 2. The van der Waals surface area contributed by atoms with Crippen molar-refractivity contribution in [2.45, 2.75) is 32.6 Å². The number of carbonyl (C=O) groups excluding carboxylic acids is 2. The van der Waals surface area contributed by atoms with E-state index in [-0.39, 0.29) is 18.4 Å². The Kier molecular flexibility index (Phi) is 9.70. The highest BCUT2D eigenvalue weighted by molar-refractivity contribution is 5.84. The molecule has 0 aromatic carbocycles. The molecule has 0 aliphatic heterocycles. The molecule has 0 unspecified atom stereocenters. The van der Waals surface area contributed by atoms with Gasteiger partial charge in [-0.15, -0.1) is 0 Å². The Hall–Kier alpha value is -1.10. The van der Waals surface area contributed by atoms with Gasteiger partial charge in [0.25, 0.3) is 0 Å². The molecule has 0 bridgehead atoms. The molecule has 0 atom stereocenters. The Morgan fingerprint density at radius 2 is 1.88 bits per heavy atom. The first-order valence-corrected chi connectivity index (χ1v) is 5.73. The molecule has 0 fully saturated rings. The zero-order chi connectivity index (χ0) is 12.2. The van der Waals surface area contributed by atoms with Crippen molar-refractivity contribution in [2.75, 3.05) is 26.8 Å². The highest BCUT2D eigenvalue weighted by Crippen LogP contribution is 1.92. The molecule has 0 saturated carbocycles. The number of nitrogens with one attached hydrogen (secondary N) is 2. The normalized spacial score (nSPS) is 9.88. The molecule has 0 spiro atoms. The van der Waals surface area contributed by atoms with Gasteiger partial charge in [-0.3, -0.25) is 9.59 Å². The van der Waals surface area contributed by atoms with E-state index >= 15 is 0 Å². The number of unbranched alkanes of at least 4 members (excludes halogenated alkanes) is 1. The average Bonchev–Trinajstić information content (AvgIpc) is 2.29. The van der Waals surface area contributed by atoms with Gasteiger partial charge in [0.1, 0.15) is 0 Å². The van der Waals surface area contributed by atoms with Crippen LogP contribution in [0.3, 0.4) is 0 Å². The van der Waals surface area contributed by atoms with E-state index < -0.39 is 0 Å². The maximum Gasteiger partial charge on any atom is 0.239 e. The lowest BCUT2D eigenvalue weighted by molar-refractivity contribution is -0.126. The predicted octanol–water partition coefficient (Wildman–Crippen LogP) is 0.445. The maximum atomic E-state index is 11.2. The summed E-state index contributed by atoms with van der Waals surface area (Å²) in [4.78, 5) is 22.4. The van der Waals surface area contributed by atoms with Gasteiger partial charge in [-0.1, -0.05) is 13.3 Å². The Balaban J connectivity index is 3.38. The molecule has 5 nitrogen and oxygen atoms in total. The second kappa shape index (κ2) is 10.4. The predicted molar refractivity (Wildman–Crippen MR) is 62.0 cm³/mol. The van der Waals surface area contributed by atoms with Gasteiger partial charge >= 0.3 is 0 Å². The standard InChI is InChI=1S/C11H22N2O3/c1-3-4-6-10(14)13-9-11(15)12-7-5-8-16-2/h3-9H2,1-2H3,(H,12,15)(H,13,14). The van der Waals surface area contributed by atoms with Gasteiger partial charge in [0.2, 0.25) is 11.8 Å². The first-order valence-electron chi connectivity index (χ1n) is 5.73. The summed E-state index contributed by atoms with van der Waals surface area (Å²) >= 11 is 0. The van der Waals surface area contributed by atoms with Crippen LogP contribution < -0.4 is 10.6 Å². The fourth-order valence-corrected chi connectivity index (χ4v) is 1.11. The number of hydrogen-bond acceptors (Lipinski definition) is 3. The van der Waals surface area contributed by atoms with Crippen LogP contribution >= 0.6 is 0 Å². The Morgan fingerprint density at radius 1 is 1.12 bits per heavy atom. The number of rotatable bonds is 9. The Labute approximate surface area is 96.9 Å². The summed E-state index contributed by atoms with van der Waals surface area (Å²) in [6, 6.07) is 0. The average molecular weight is 230 g/mol. The van der Waals surface area contributed by atoms with Gasteiger partial charge in [0.15, 0.2) is 0 Å². The lowest BCUT2D eigenvalue weighted by Crippen LogP contribution is -2.37. The number of hydrogen-bond donors (Lipinski definition) is 2. The van der Waals surface area contributed by atoms with Crippen molar-refractivity contribution in [1.82, 2.24) is 10.6 Å². The summed E-state index contributed by atoms with van der Waals surface area (Å²) in [5, 5.41) is 5.27. The van der Waals surface area contributed by atoms with Gasteiger partial charge in [-0.25, -0.2) is 0 Å². The molecular weight excluding hydrogens is 208 g/mol. The summed E-state index contributed by atoms with van der Waals surface area (Å²) < 4.78 is 4.85. The van der Waals surface area contributed by atoms with Crippen LogP contribution in [-0.4, -0.2) is 38.6 Å². The molecule has 0 saturated heterocycles. The van der Waals surface area contributed by atoms with Crippen molar-refractivity contribution in [3.05, 3.63) is 0 Å². The molecule has 0 aliphatic carbocycles. The number of amides is 2. The van der Waals surface area contributed by atoms with Crippen LogP contribution in [-0.2, 0) is 14.3 Å². The van der Waals surface area contributed by atoms with Gasteiger partial charge < -0.3 is 15.4 Å². The molecule has 16 heavy (non-hydrogen) atoms. The van der Waals surface area contributed by atoms with Crippen LogP contribution in [0.2, 0.25) is 0 Å². The lowest BCUT2D eigenvalue weighted by atomic mass is 10.2. The molecule has 2 amide bonds. The second-order valence-corrected chi connectivity index (χ2v) is 3.58. The summed E-state index contributed by atoms with van der Waals surface area (Å²) in [5.41, 5.74) is 0. The van der Waals surface area contributed by atoms with E-state index in [1.54, 1.807) is 7.11 Å². The quantitative estimate of drug-likeness (QED) is 0.565. The monoisotopic (exact) mass is 230 g/mol. The second-order valence-electron chi connectivity index (χ2n) is 3.58. The van der Waals surface area contributed by atoms with Crippen molar-refractivity contribution in [3.8, 4) is 0 Å². The molecule has 0 rings (SSSR count). The summed E-state index contributed by atoms with van der Waals surface area (Å²) in [5.74, 6) is -0.213. The fraction of sp³-hybridized carbons (Fsp3) is 0.818. The first kappa shape index (κ1) is 14.9. The minimum Gasteiger partial charge on any atom is -0.385 e. The van der Waals surface area contributed by atoms with E-state index in [0.29, 0.717) is 19.6 Å². The molecular formula is C11H22N2O3. The van der Waals surface area contributed by atoms with Crippen LogP contribution in [0.4, 0.5) is 0 Å². The van der Waals surface area contributed by atoms with Crippen molar-refractivity contribution >= 4 is 11.8 Å². The zero-order valence-corrected chi connectivity index (χ0v) is 10.2. The first-order chi connectivity index (χ1) is 7.70. The van der Waals surface area contributed by atoms with Crippen molar-refractivity contribution < 1.29 is 14.3 Å². The fourth-order valence-electron chi connectivity index (χ4n) is 1.11. The van der Waals surface area contributed by atoms with E-state index in [0.717, 1.165) is 19.3 Å².